The Labute approximate surface area is 110 Å². The number of anilines is 1. The molecule has 0 radical (unpaired) electrons. The molecule has 3 rings (SSSR count). The fourth-order valence-corrected chi connectivity index (χ4v) is 2.32. The molecule has 96 valence electrons. The Morgan fingerprint density at radius 1 is 1.16 bits per heavy atom. The minimum absolute atomic E-state index is 0.367. The van der Waals surface area contributed by atoms with Crippen molar-refractivity contribution in [1.29, 1.82) is 0 Å². The Balaban J connectivity index is 2.23. The average Bonchev–Trinajstić information content (AvgIpc) is 2.72. The van der Waals surface area contributed by atoms with Crippen LogP contribution in [-0.2, 0) is 0 Å². The lowest BCUT2D eigenvalue weighted by atomic mass is 10.1. The lowest BCUT2D eigenvalue weighted by Crippen LogP contribution is -1.90. The first-order chi connectivity index (χ1) is 9.04. The van der Waals surface area contributed by atoms with E-state index in [0.717, 1.165) is 22.2 Å². The SMILES string of the molecule is Cc1cc(C)c2nc(-c3ccc(N)cc3F)[nH]c2c1. The van der Waals surface area contributed by atoms with Crippen LogP contribution in [0.25, 0.3) is 22.4 Å². The van der Waals surface area contributed by atoms with Crippen LogP contribution in [0.15, 0.2) is 30.3 Å². The van der Waals surface area contributed by atoms with Gasteiger partial charge in [0.25, 0.3) is 0 Å². The summed E-state index contributed by atoms with van der Waals surface area (Å²) in [5, 5.41) is 0. The summed E-state index contributed by atoms with van der Waals surface area (Å²) in [7, 11) is 0. The number of imidazole rings is 1. The van der Waals surface area contributed by atoms with Gasteiger partial charge in [0.2, 0.25) is 0 Å². The molecule has 0 fully saturated rings. The molecular formula is C15H14FN3. The van der Waals surface area contributed by atoms with Gasteiger partial charge in [0.05, 0.1) is 16.6 Å². The van der Waals surface area contributed by atoms with Gasteiger partial charge in [0.1, 0.15) is 11.6 Å². The van der Waals surface area contributed by atoms with Crippen LogP contribution in [-0.4, -0.2) is 9.97 Å². The predicted octanol–water partition coefficient (Wildman–Crippen LogP) is 3.57. The number of nitrogens with one attached hydrogen (secondary N) is 1. The van der Waals surface area contributed by atoms with Crippen LogP contribution >= 0.6 is 0 Å². The summed E-state index contributed by atoms with van der Waals surface area (Å²) in [5.74, 6) is 0.162. The number of aromatic nitrogens is 2. The second-order valence-corrected chi connectivity index (χ2v) is 4.80. The number of nitrogens with zero attached hydrogens (tertiary/aromatic N) is 1. The molecule has 0 aliphatic rings. The van der Waals surface area contributed by atoms with Gasteiger partial charge in [-0.05, 0) is 49.2 Å². The number of nitrogens with two attached hydrogens (primary N) is 1. The summed E-state index contributed by atoms with van der Waals surface area (Å²) < 4.78 is 13.9. The summed E-state index contributed by atoms with van der Waals surface area (Å²) in [6.07, 6.45) is 0. The molecule has 19 heavy (non-hydrogen) atoms. The average molecular weight is 255 g/mol. The normalized spacial score (nSPS) is 11.1. The van der Waals surface area contributed by atoms with Gasteiger partial charge in [-0.15, -0.1) is 0 Å². The topological polar surface area (TPSA) is 54.7 Å². The Morgan fingerprint density at radius 3 is 2.68 bits per heavy atom. The van der Waals surface area contributed by atoms with E-state index in [-0.39, 0.29) is 5.82 Å². The van der Waals surface area contributed by atoms with Crippen LogP contribution in [0.2, 0.25) is 0 Å². The van der Waals surface area contributed by atoms with Crippen molar-refractivity contribution in [2.75, 3.05) is 5.73 Å². The molecule has 3 N–H and O–H groups in total. The van der Waals surface area contributed by atoms with Crippen molar-refractivity contribution in [2.24, 2.45) is 0 Å². The maximum atomic E-state index is 13.9. The second-order valence-electron chi connectivity index (χ2n) is 4.80. The molecule has 0 saturated heterocycles. The van der Waals surface area contributed by atoms with Gasteiger partial charge in [-0.1, -0.05) is 6.07 Å². The largest absolute Gasteiger partial charge is 0.399 e. The Bertz CT molecular complexity index is 774. The molecule has 3 aromatic rings. The fraction of sp³-hybridized carbons (Fsp3) is 0.133. The Kier molecular flexibility index (Phi) is 2.52. The van der Waals surface area contributed by atoms with Gasteiger partial charge in [-0.2, -0.15) is 0 Å². The third kappa shape index (κ3) is 1.95. The summed E-state index contributed by atoms with van der Waals surface area (Å²) in [5.41, 5.74) is 10.4. The van der Waals surface area contributed by atoms with Crippen LogP contribution in [0.5, 0.6) is 0 Å². The Hall–Kier alpha value is -2.36. The monoisotopic (exact) mass is 255 g/mol. The summed E-state index contributed by atoms with van der Waals surface area (Å²) in [6.45, 7) is 4.02. The van der Waals surface area contributed by atoms with Crippen LogP contribution in [0, 0.1) is 19.7 Å². The van der Waals surface area contributed by atoms with E-state index in [1.54, 1.807) is 12.1 Å². The summed E-state index contributed by atoms with van der Waals surface area (Å²) in [4.78, 5) is 7.64. The van der Waals surface area contributed by atoms with E-state index in [1.165, 1.54) is 6.07 Å². The molecule has 0 bridgehead atoms. The predicted molar refractivity (Wildman–Crippen MR) is 75.4 cm³/mol. The summed E-state index contributed by atoms with van der Waals surface area (Å²) >= 11 is 0. The maximum Gasteiger partial charge on any atom is 0.141 e. The molecule has 0 unspecified atom stereocenters. The minimum atomic E-state index is -0.367. The quantitative estimate of drug-likeness (QED) is 0.653. The van der Waals surface area contributed by atoms with Crippen LogP contribution < -0.4 is 5.73 Å². The number of H-pyrrole nitrogens is 1. The third-order valence-corrected chi connectivity index (χ3v) is 3.17. The molecule has 2 aromatic carbocycles. The van der Waals surface area contributed by atoms with E-state index in [1.807, 2.05) is 19.9 Å². The van der Waals surface area contributed by atoms with E-state index in [0.29, 0.717) is 17.1 Å². The van der Waals surface area contributed by atoms with Crippen molar-refractivity contribution >= 4 is 16.7 Å². The zero-order valence-electron chi connectivity index (χ0n) is 10.8. The molecule has 0 spiro atoms. The summed E-state index contributed by atoms with van der Waals surface area (Å²) in [6, 6.07) is 8.69. The van der Waals surface area contributed by atoms with Crippen LogP contribution in [0.1, 0.15) is 11.1 Å². The van der Waals surface area contributed by atoms with Crippen molar-refractivity contribution in [3.63, 3.8) is 0 Å². The third-order valence-electron chi connectivity index (χ3n) is 3.17. The van der Waals surface area contributed by atoms with Crippen molar-refractivity contribution in [1.82, 2.24) is 9.97 Å². The van der Waals surface area contributed by atoms with Gasteiger partial charge < -0.3 is 10.7 Å². The smallest absolute Gasteiger partial charge is 0.141 e. The van der Waals surface area contributed by atoms with E-state index in [4.69, 9.17) is 5.73 Å². The fourth-order valence-electron chi connectivity index (χ4n) is 2.32. The number of aromatic amines is 1. The number of benzene rings is 2. The number of nitrogen functional groups attached to an aromatic ring is 1. The molecule has 4 heteroatoms. The Morgan fingerprint density at radius 2 is 1.95 bits per heavy atom. The molecule has 0 aliphatic heterocycles. The number of hydrogen-bond acceptors (Lipinski definition) is 2. The van der Waals surface area contributed by atoms with Crippen molar-refractivity contribution < 1.29 is 4.39 Å². The number of rotatable bonds is 1. The molecule has 0 aliphatic carbocycles. The standard InChI is InChI=1S/C15H14FN3/c1-8-5-9(2)14-13(6-8)18-15(19-14)11-4-3-10(17)7-12(11)16/h3-7H,17H2,1-2H3,(H,18,19). The van der Waals surface area contributed by atoms with Gasteiger partial charge in [-0.3, -0.25) is 0 Å². The lowest BCUT2D eigenvalue weighted by Gasteiger charge is -2.00. The highest BCUT2D eigenvalue weighted by molar-refractivity contribution is 5.83. The number of aryl methyl sites for hydroxylation is 2. The van der Waals surface area contributed by atoms with Gasteiger partial charge in [0, 0.05) is 5.69 Å². The molecule has 0 atom stereocenters. The first kappa shape index (κ1) is 11.7. The van der Waals surface area contributed by atoms with Gasteiger partial charge in [0.15, 0.2) is 0 Å². The van der Waals surface area contributed by atoms with Crippen molar-refractivity contribution in [2.45, 2.75) is 13.8 Å². The van der Waals surface area contributed by atoms with Gasteiger partial charge in [-0.25, -0.2) is 9.37 Å². The van der Waals surface area contributed by atoms with E-state index < -0.39 is 0 Å². The number of halogens is 1. The van der Waals surface area contributed by atoms with E-state index in [2.05, 4.69) is 16.0 Å². The minimum Gasteiger partial charge on any atom is -0.399 e. The van der Waals surface area contributed by atoms with Crippen LogP contribution in [0.3, 0.4) is 0 Å². The molecule has 1 heterocycles. The molecule has 0 amide bonds. The number of fused-ring (bicyclic) bond motifs is 1. The van der Waals surface area contributed by atoms with Gasteiger partial charge >= 0.3 is 0 Å². The first-order valence-corrected chi connectivity index (χ1v) is 6.07. The molecule has 3 nitrogen and oxygen atoms in total. The second kappa shape index (κ2) is 4.09. The first-order valence-electron chi connectivity index (χ1n) is 6.07. The molecular weight excluding hydrogens is 241 g/mol. The van der Waals surface area contributed by atoms with E-state index >= 15 is 0 Å². The molecule has 0 saturated carbocycles. The highest BCUT2D eigenvalue weighted by Gasteiger charge is 2.11. The highest BCUT2D eigenvalue weighted by Crippen LogP contribution is 2.26. The molecule has 1 aromatic heterocycles. The van der Waals surface area contributed by atoms with E-state index in [9.17, 15) is 4.39 Å². The maximum absolute atomic E-state index is 13.9. The number of hydrogen-bond donors (Lipinski definition) is 2. The lowest BCUT2D eigenvalue weighted by molar-refractivity contribution is 0.631. The van der Waals surface area contributed by atoms with Crippen molar-refractivity contribution in [3.05, 3.63) is 47.3 Å². The zero-order valence-corrected chi connectivity index (χ0v) is 10.8. The highest BCUT2D eigenvalue weighted by atomic mass is 19.1. The zero-order chi connectivity index (χ0) is 13.6. The van der Waals surface area contributed by atoms with Crippen molar-refractivity contribution in [3.8, 4) is 11.4 Å². The van der Waals surface area contributed by atoms with Crippen LogP contribution in [0.4, 0.5) is 10.1 Å².